The third-order valence-electron chi connectivity index (χ3n) is 4.53. The van der Waals surface area contributed by atoms with E-state index in [0.717, 1.165) is 18.2 Å². The number of nitrogens with zero attached hydrogens (tertiary/aromatic N) is 1. The Morgan fingerprint density at radius 1 is 1.03 bits per heavy atom. The zero-order valence-electron chi connectivity index (χ0n) is 17.6. The monoisotopic (exact) mass is 431 g/mol. The highest BCUT2D eigenvalue weighted by Crippen LogP contribution is 2.22. The second-order valence-corrected chi connectivity index (χ2v) is 8.98. The molecule has 0 radical (unpaired) electrons. The standard InChI is InChI=1S/C22H29N3O4S/c1-4-15-23-22(27)18-11-6-7-12-19(18)24-21(26)14-9-16-25(30(3,28)29)20-13-8-5-10-17(20)2/h5-8,10-13H,4,9,14-16H2,1-3H3,(H,23,27)(H,24,26). The van der Waals surface area contributed by atoms with Crippen molar-refractivity contribution in [1.82, 2.24) is 5.32 Å². The van der Waals surface area contributed by atoms with Gasteiger partial charge >= 0.3 is 0 Å². The van der Waals surface area contributed by atoms with Gasteiger partial charge in [-0.15, -0.1) is 0 Å². The second kappa shape index (κ2) is 10.8. The van der Waals surface area contributed by atoms with Crippen molar-refractivity contribution < 1.29 is 18.0 Å². The Labute approximate surface area is 178 Å². The van der Waals surface area contributed by atoms with Gasteiger partial charge in [0, 0.05) is 19.5 Å². The summed E-state index contributed by atoms with van der Waals surface area (Å²) in [5.41, 5.74) is 2.30. The number of rotatable bonds is 10. The molecule has 0 saturated heterocycles. The second-order valence-electron chi connectivity index (χ2n) is 7.07. The number of amides is 2. The molecule has 0 aromatic heterocycles. The fraction of sp³-hybridized carbons (Fsp3) is 0.364. The van der Waals surface area contributed by atoms with Gasteiger partial charge < -0.3 is 10.6 Å². The molecule has 30 heavy (non-hydrogen) atoms. The number of nitrogens with one attached hydrogen (secondary N) is 2. The molecule has 7 nitrogen and oxygen atoms in total. The van der Waals surface area contributed by atoms with Crippen LogP contribution in [0, 0.1) is 6.92 Å². The average molecular weight is 432 g/mol. The van der Waals surface area contributed by atoms with Crippen LogP contribution in [0.5, 0.6) is 0 Å². The van der Waals surface area contributed by atoms with E-state index in [1.54, 1.807) is 36.4 Å². The molecule has 8 heteroatoms. The lowest BCUT2D eigenvalue weighted by Crippen LogP contribution is -2.32. The molecule has 0 unspecified atom stereocenters. The van der Waals surface area contributed by atoms with Gasteiger partial charge in [0.15, 0.2) is 0 Å². The zero-order chi connectivity index (χ0) is 22.1. The number of benzene rings is 2. The lowest BCUT2D eigenvalue weighted by Gasteiger charge is -2.24. The van der Waals surface area contributed by atoms with E-state index in [0.29, 0.717) is 29.9 Å². The molecule has 2 amide bonds. The number of sulfonamides is 1. The molecule has 0 saturated carbocycles. The van der Waals surface area contributed by atoms with E-state index in [-0.39, 0.29) is 24.8 Å². The Bertz CT molecular complexity index is 989. The molecule has 162 valence electrons. The molecule has 0 atom stereocenters. The maximum Gasteiger partial charge on any atom is 0.253 e. The van der Waals surface area contributed by atoms with E-state index in [1.165, 1.54) is 4.31 Å². The molecule has 2 rings (SSSR count). The number of carbonyl (C=O) groups excluding carboxylic acids is 2. The molecule has 0 heterocycles. The van der Waals surface area contributed by atoms with Crippen molar-refractivity contribution in [3.8, 4) is 0 Å². The maximum absolute atomic E-state index is 12.4. The first-order valence-corrected chi connectivity index (χ1v) is 11.8. The zero-order valence-corrected chi connectivity index (χ0v) is 18.5. The van der Waals surface area contributed by atoms with Crippen LogP contribution in [0.25, 0.3) is 0 Å². The van der Waals surface area contributed by atoms with Crippen LogP contribution in [0.1, 0.15) is 42.1 Å². The van der Waals surface area contributed by atoms with Crippen LogP contribution >= 0.6 is 0 Å². The van der Waals surface area contributed by atoms with E-state index in [9.17, 15) is 18.0 Å². The Morgan fingerprint density at radius 2 is 1.70 bits per heavy atom. The van der Waals surface area contributed by atoms with Gasteiger partial charge in [-0.05, 0) is 43.5 Å². The quantitative estimate of drug-likeness (QED) is 0.603. The molecule has 0 aliphatic carbocycles. The molecule has 2 aromatic rings. The molecule has 0 aliphatic rings. The van der Waals surface area contributed by atoms with Crippen molar-refractivity contribution in [2.75, 3.05) is 29.0 Å². The van der Waals surface area contributed by atoms with Crippen LogP contribution in [0.2, 0.25) is 0 Å². The number of aryl methyl sites for hydroxylation is 1. The highest BCUT2D eigenvalue weighted by atomic mass is 32.2. The fourth-order valence-electron chi connectivity index (χ4n) is 3.03. The van der Waals surface area contributed by atoms with Gasteiger partial charge in [0.1, 0.15) is 0 Å². The average Bonchev–Trinajstić information content (AvgIpc) is 2.70. The van der Waals surface area contributed by atoms with E-state index in [4.69, 9.17) is 0 Å². The summed E-state index contributed by atoms with van der Waals surface area (Å²) in [7, 11) is -3.48. The Kier molecular flexibility index (Phi) is 8.41. The Balaban J connectivity index is 2.01. The van der Waals surface area contributed by atoms with Crippen molar-refractivity contribution in [2.45, 2.75) is 33.1 Å². The predicted octanol–water partition coefficient (Wildman–Crippen LogP) is 3.32. The molecule has 0 aliphatic heterocycles. The van der Waals surface area contributed by atoms with E-state index < -0.39 is 10.0 Å². The van der Waals surface area contributed by atoms with E-state index in [1.807, 2.05) is 26.0 Å². The highest BCUT2D eigenvalue weighted by Gasteiger charge is 2.19. The van der Waals surface area contributed by atoms with Gasteiger partial charge in [0.25, 0.3) is 5.91 Å². The number of anilines is 2. The van der Waals surface area contributed by atoms with Crippen LogP contribution in [0.4, 0.5) is 11.4 Å². The lowest BCUT2D eigenvalue weighted by atomic mass is 10.1. The summed E-state index contributed by atoms with van der Waals surface area (Å²) in [6.07, 6.45) is 2.45. The first-order chi connectivity index (χ1) is 14.2. The maximum atomic E-state index is 12.4. The SMILES string of the molecule is CCCNC(=O)c1ccccc1NC(=O)CCCN(c1ccccc1C)S(C)(=O)=O. The van der Waals surface area contributed by atoms with Crippen molar-refractivity contribution in [2.24, 2.45) is 0 Å². The molecule has 0 fully saturated rings. The molecule has 0 bridgehead atoms. The molecular formula is C22H29N3O4S. The third-order valence-corrected chi connectivity index (χ3v) is 5.71. The van der Waals surface area contributed by atoms with Crippen LogP contribution in [-0.2, 0) is 14.8 Å². The lowest BCUT2D eigenvalue weighted by molar-refractivity contribution is -0.116. The van der Waals surface area contributed by atoms with Gasteiger partial charge in [0.05, 0.1) is 23.2 Å². The van der Waals surface area contributed by atoms with Crippen LogP contribution in [-0.4, -0.2) is 39.6 Å². The summed E-state index contributed by atoms with van der Waals surface area (Å²) < 4.78 is 25.8. The third kappa shape index (κ3) is 6.59. The summed E-state index contributed by atoms with van der Waals surface area (Å²) in [6, 6.07) is 14.1. The minimum Gasteiger partial charge on any atom is -0.352 e. The minimum absolute atomic E-state index is 0.128. The number of carbonyl (C=O) groups is 2. The highest BCUT2D eigenvalue weighted by molar-refractivity contribution is 7.92. The van der Waals surface area contributed by atoms with E-state index in [2.05, 4.69) is 10.6 Å². The summed E-state index contributed by atoms with van der Waals surface area (Å²) in [6.45, 7) is 4.56. The first kappa shape index (κ1) is 23.4. The van der Waals surface area contributed by atoms with Crippen molar-refractivity contribution in [3.05, 3.63) is 59.7 Å². The van der Waals surface area contributed by atoms with Gasteiger partial charge in [-0.3, -0.25) is 13.9 Å². The van der Waals surface area contributed by atoms with Crippen molar-refractivity contribution in [1.29, 1.82) is 0 Å². The fourth-order valence-corrected chi connectivity index (χ4v) is 4.05. The van der Waals surface area contributed by atoms with Gasteiger partial charge in [-0.1, -0.05) is 37.3 Å². The summed E-state index contributed by atoms with van der Waals surface area (Å²) in [4.78, 5) is 24.7. The topological polar surface area (TPSA) is 95.6 Å². The number of hydrogen-bond acceptors (Lipinski definition) is 4. The van der Waals surface area contributed by atoms with E-state index >= 15 is 0 Å². The van der Waals surface area contributed by atoms with Crippen LogP contribution in [0.3, 0.4) is 0 Å². The van der Waals surface area contributed by atoms with Crippen LogP contribution < -0.4 is 14.9 Å². The normalized spacial score (nSPS) is 11.0. The molecular weight excluding hydrogens is 402 g/mol. The Morgan fingerprint density at radius 3 is 2.37 bits per heavy atom. The first-order valence-electron chi connectivity index (χ1n) is 9.94. The minimum atomic E-state index is -3.48. The summed E-state index contributed by atoms with van der Waals surface area (Å²) in [5, 5.41) is 5.56. The van der Waals surface area contributed by atoms with Crippen molar-refractivity contribution >= 4 is 33.2 Å². The smallest absolute Gasteiger partial charge is 0.253 e. The Hall–Kier alpha value is -2.87. The van der Waals surface area contributed by atoms with Gasteiger partial charge in [0.2, 0.25) is 15.9 Å². The van der Waals surface area contributed by atoms with Crippen LogP contribution in [0.15, 0.2) is 48.5 Å². The van der Waals surface area contributed by atoms with Crippen molar-refractivity contribution in [3.63, 3.8) is 0 Å². The predicted molar refractivity (Wildman–Crippen MR) is 120 cm³/mol. The number of hydrogen-bond donors (Lipinski definition) is 2. The molecule has 0 spiro atoms. The summed E-state index contributed by atoms with van der Waals surface area (Å²) in [5.74, 6) is -0.514. The van der Waals surface area contributed by atoms with Gasteiger partial charge in [-0.25, -0.2) is 8.42 Å². The number of para-hydroxylation sites is 2. The molecule has 2 N–H and O–H groups in total. The van der Waals surface area contributed by atoms with Gasteiger partial charge in [-0.2, -0.15) is 0 Å². The largest absolute Gasteiger partial charge is 0.352 e. The summed E-state index contributed by atoms with van der Waals surface area (Å²) >= 11 is 0. The molecule has 2 aromatic carbocycles.